The maximum atomic E-state index is 11.9. The van der Waals surface area contributed by atoms with Crippen LogP contribution in [0.25, 0.3) is 6.08 Å². The van der Waals surface area contributed by atoms with Gasteiger partial charge in [0, 0.05) is 31.6 Å². The van der Waals surface area contributed by atoms with Crippen molar-refractivity contribution in [2.45, 2.75) is 25.8 Å². The van der Waals surface area contributed by atoms with Crippen LogP contribution in [0.15, 0.2) is 30.6 Å². The molecule has 2 rings (SSSR count). The molecule has 0 aliphatic heterocycles. The Kier molecular flexibility index (Phi) is 3.57. The van der Waals surface area contributed by atoms with Crippen LogP contribution in [0, 0.1) is 5.92 Å². The van der Waals surface area contributed by atoms with Crippen LogP contribution in [0.1, 0.15) is 25.3 Å². The number of pyridine rings is 1. The van der Waals surface area contributed by atoms with Crippen molar-refractivity contribution in [2.24, 2.45) is 5.92 Å². The average Bonchev–Trinajstić information content (AvgIpc) is 3.19. The molecule has 17 heavy (non-hydrogen) atoms. The average molecular weight is 230 g/mol. The quantitative estimate of drug-likeness (QED) is 0.744. The lowest BCUT2D eigenvalue weighted by Gasteiger charge is -2.23. The minimum absolute atomic E-state index is 0.0632. The van der Waals surface area contributed by atoms with E-state index in [2.05, 4.69) is 11.9 Å². The first-order valence-corrected chi connectivity index (χ1v) is 6.03. The molecule has 1 unspecified atom stereocenters. The summed E-state index contributed by atoms with van der Waals surface area (Å²) in [6.45, 7) is 2.12. The summed E-state index contributed by atoms with van der Waals surface area (Å²) in [5.41, 5.74) is 0.952. The fourth-order valence-corrected chi connectivity index (χ4v) is 1.86. The van der Waals surface area contributed by atoms with Gasteiger partial charge in [0.1, 0.15) is 0 Å². The second-order valence-corrected chi connectivity index (χ2v) is 4.65. The topological polar surface area (TPSA) is 33.2 Å². The SMILES string of the molecule is CC(C1CC1)N(C)C(=O)/C=C/c1cccnc1. The van der Waals surface area contributed by atoms with Crippen molar-refractivity contribution >= 4 is 12.0 Å². The van der Waals surface area contributed by atoms with E-state index in [4.69, 9.17) is 0 Å². The van der Waals surface area contributed by atoms with Gasteiger partial charge < -0.3 is 4.90 Å². The molecule has 1 aliphatic rings. The fraction of sp³-hybridized carbons (Fsp3) is 0.429. The molecule has 0 aromatic carbocycles. The standard InChI is InChI=1S/C14H18N2O/c1-11(13-6-7-13)16(2)14(17)8-5-12-4-3-9-15-10-12/h3-5,8-11,13H,6-7H2,1-2H3/b8-5+. The van der Waals surface area contributed by atoms with Crippen molar-refractivity contribution in [1.82, 2.24) is 9.88 Å². The van der Waals surface area contributed by atoms with Gasteiger partial charge in [0.2, 0.25) is 5.91 Å². The third kappa shape index (κ3) is 3.16. The predicted molar refractivity (Wildman–Crippen MR) is 68.2 cm³/mol. The number of carbonyl (C=O) groups is 1. The number of carbonyl (C=O) groups excluding carboxylic acids is 1. The Balaban J connectivity index is 1.94. The molecule has 0 radical (unpaired) electrons. The third-order valence-corrected chi connectivity index (χ3v) is 3.37. The molecule has 1 fully saturated rings. The van der Waals surface area contributed by atoms with Crippen molar-refractivity contribution < 1.29 is 4.79 Å². The zero-order chi connectivity index (χ0) is 12.3. The first-order valence-electron chi connectivity index (χ1n) is 6.03. The van der Waals surface area contributed by atoms with Crippen molar-refractivity contribution in [1.29, 1.82) is 0 Å². The van der Waals surface area contributed by atoms with E-state index < -0.39 is 0 Å². The number of hydrogen-bond acceptors (Lipinski definition) is 2. The van der Waals surface area contributed by atoms with E-state index >= 15 is 0 Å². The maximum absolute atomic E-state index is 11.9. The number of nitrogens with zero attached hydrogens (tertiary/aromatic N) is 2. The van der Waals surface area contributed by atoms with Crippen molar-refractivity contribution in [2.75, 3.05) is 7.05 Å². The molecular formula is C14H18N2O. The van der Waals surface area contributed by atoms with Crippen molar-refractivity contribution in [3.63, 3.8) is 0 Å². The number of amides is 1. The van der Waals surface area contributed by atoms with Crippen LogP contribution in [0.5, 0.6) is 0 Å². The van der Waals surface area contributed by atoms with Crippen LogP contribution < -0.4 is 0 Å². The first-order chi connectivity index (χ1) is 8.18. The van der Waals surface area contributed by atoms with Crippen LogP contribution in [0.2, 0.25) is 0 Å². The Labute approximate surface area is 102 Å². The van der Waals surface area contributed by atoms with Gasteiger partial charge in [-0.05, 0) is 43.4 Å². The van der Waals surface area contributed by atoms with Gasteiger partial charge in [-0.2, -0.15) is 0 Å². The molecule has 90 valence electrons. The number of rotatable bonds is 4. The number of aromatic nitrogens is 1. The highest BCUT2D eigenvalue weighted by Crippen LogP contribution is 2.34. The molecule has 1 saturated carbocycles. The smallest absolute Gasteiger partial charge is 0.246 e. The van der Waals surface area contributed by atoms with Crippen LogP contribution in [-0.4, -0.2) is 28.9 Å². The van der Waals surface area contributed by atoms with Gasteiger partial charge in [-0.3, -0.25) is 9.78 Å². The first kappa shape index (κ1) is 11.8. The summed E-state index contributed by atoms with van der Waals surface area (Å²) < 4.78 is 0. The molecule has 1 amide bonds. The summed E-state index contributed by atoms with van der Waals surface area (Å²) >= 11 is 0. The van der Waals surface area contributed by atoms with Gasteiger partial charge in [0.05, 0.1) is 0 Å². The van der Waals surface area contributed by atoms with Crippen LogP contribution in [0.4, 0.5) is 0 Å². The van der Waals surface area contributed by atoms with E-state index in [1.54, 1.807) is 18.5 Å². The number of likely N-dealkylation sites (N-methyl/N-ethyl adjacent to an activating group) is 1. The Morgan fingerprint density at radius 1 is 1.59 bits per heavy atom. The second kappa shape index (κ2) is 5.13. The molecule has 1 aromatic heterocycles. The Morgan fingerprint density at radius 3 is 2.94 bits per heavy atom. The molecule has 1 aliphatic carbocycles. The van der Waals surface area contributed by atoms with Crippen molar-refractivity contribution in [3.8, 4) is 0 Å². The summed E-state index contributed by atoms with van der Waals surface area (Å²) in [5.74, 6) is 0.768. The Hall–Kier alpha value is -1.64. The summed E-state index contributed by atoms with van der Waals surface area (Å²) in [6, 6.07) is 4.14. The van der Waals surface area contributed by atoms with Crippen LogP contribution in [0.3, 0.4) is 0 Å². The summed E-state index contributed by atoms with van der Waals surface area (Å²) in [4.78, 5) is 17.7. The van der Waals surface area contributed by atoms with Gasteiger partial charge in [-0.15, -0.1) is 0 Å². The number of hydrogen-bond donors (Lipinski definition) is 0. The highest BCUT2D eigenvalue weighted by Gasteiger charge is 2.31. The zero-order valence-electron chi connectivity index (χ0n) is 10.3. The Bertz CT molecular complexity index is 409. The van der Waals surface area contributed by atoms with E-state index in [9.17, 15) is 4.79 Å². The summed E-state index contributed by atoms with van der Waals surface area (Å²) in [7, 11) is 1.87. The van der Waals surface area contributed by atoms with E-state index in [0.717, 1.165) is 5.56 Å². The lowest BCUT2D eigenvalue weighted by Crippen LogP contribution is -2.35. The van der Waals surface area contributed by atoms with Crippen LogP contribution in [-0.2, 0) is 4.79 Å². The van der Waals surface area contributed by atoms with Gasteiger partial charge in [-0.1, -0.05) is 6.07 Å². The van der Waals surface area contributed by atoms with Gasteiger partial charge >= 0.3 is 0 Å². The van der Waals surface area contributed by atoms with E-state index in [1.807, 2.05) is 30.2 Å². The highest BCUT2D eigenvalue weighted by atomic mass is 16.2. The highest BCUT2D eigenvalue weighted by molar-refractivity contribution is 5.91. The summed E-state index contributed by atoms with van der Waals surface area (Å²) in [5, 5.41) is 0. The zero-order valence-corrected chi connectivity index (χ0v) is 10.3. The molecule has 0 spiro atoms. The largest absolute Gasteiger partial charge is 0.339 e. The predicted octanol–water partition coefficient (Wildman–Crippen LogP) is 2.35. The van der Waals surface area contributed by atoms with E-state index in [1.165, 1.54) is 12.8 Å². The minimum atomic E-state index is 0.0632. The van der Waals surface area contributed by atoms with Gasteiger partial charge in [-0.25, -0.2) is 0 Å². The maximum Gasteiger partial charge on any atom is 0.246 e. The molecule has 0 bridgehead atoms. The fourth-order valence-electron chi connectivity index (χ4n) is 1.86. The molecular weight excluding hydrogens is 212 g/mol. The molecule has 3 heteroatoms. The summed E-state index contributed by atoms with van der Waals surface area (Å²) in [6.07, 6.45) is 9.41. The Morgan fingerprint density at radius 2 is 2.35 bits per heavy atom. The lowest BCUT2D eigenvalue weighted by molar-refractivity contribution is -0.126. The van der Waals surface area contributed by atoms with E-state index in [-0.39, 0.29) is 5.91 Å². The third-order valence-electron chi connectivity index (χ3n) is 3.37. The van der Waals surface area contributed by atoms with Crippen LogP contribution >= 0.6 is 0 Å². The second-order valence-electron chi connectivity index (χ2n) is 4.65. The molecule has 1 atom stereocenters. The van der Waals surface area contributed by atoms with Crippen molar-refractivity contribution in [3.05, 3.63) is 36.2 Å². The normalized spacial score (nSPS) is 17.1. The molecule has 1 aromatic rings. The van der Waals surface area contributed by atoms with E-state index in [0.29, 0.717) is 12.0 Å². The van der Waals surface area contributed by atoms with Gasteiger partial charge in [0.25, 0.3) is 0 Å². The monoisotopic (exact) mass is 230 g/mol. The van der Waals surface area contributed by atoms with Gasteiger partial charge in [0.15, 0.2) is 0 Å². The lowest BCUT2D eigenvalue weighted by atomic mass is 10.2. The molecule has 0 N–H and O–H groups in total. The molecule has 1 heterocycles. The molecule has 0 saturated heterocycles. The molecule has 3 nitrogen and oxygen atoms in total. The minimum Gasteiger partial charge on any atom is -0.339 e.